The molecule has 0 heterocycles. The van der Waals surface area contributed by atoms with E-state index in [0.29, 0.717) is 5.56 Å². The fraction of sp³-hybridized carbons (Fsp3) is 0.111. The summed E-state index contributed by atoms with van der Waals surface area (Å²) in [7, 11) is 0. The quantitative estimate of drug-likeness (QED) is 0.150. The van der Waals surface area contributed by atoms with Crippen LogP contribution >= 0.6 is 0 Å². The van der Waals surface area contributed by atoms with Gasteiger partial charge in [-0.2, -0.15) is 0 Å². The molecule has 8 nitrogen and oxygen atoms in total. The highest BCUT2D eigenvalue weighted by molar-refractivity contribution is 5.98. The van der Waals surface area contributed by atoms with Gasteiger partial charge in [0.2, 0.25) is 5.91 Å². The van der Waals surface area contributed by atoms with Crippen molar-refractivity contribution in [3.8, 4) is 17.2 Å². The van der Waals surface area contributed by atoms with Crippen LogP contribution in [0.4, 0.5) is 5.69 Å². The molecule has 136 valence electrons. The number of phenolic OH excluding ortho intramolecular Hbond substituents is 3. The molecule has 0 fully saturated rings. The average Bonchev–Trinajstić information content (AvgIpc) is 2.62. The Morgan fingerprint density at radius 3 is 2.38 bits per heavy atom. The van der Waals surface area contributed by atoms with E-state index in [1.54, 1.807) is 18.2 Å². The number of nitrogens with zero attached hydrogens (tertiary/aromatic N) is 1. The number of phenols is 3. The molecular weight excluding hydrogens is 336 g/mol. The van der Waals surface area contributed by atoms with Gasteiger partial charge in [-0.1, -0.05) is 12.1 Å². The van der Waals surface area contributed by atoms with Gasteiger partial charge < -0.3 is 32.1 Å². The lowest BCUT2D eigenvalue weighted by Gasteiger charge is -2.05. The third kappa shape index (κ3) is 5.45. The molecule has 0 spiro atoms. The molecule has 8 heteroatoms. The molecule has 1 amide bonds. The highest BCUT2D eigenvalue weighted by Gasteiger charge is 2.02. The summed E-state index contributed by atoms with van der Waals surface area (Å²) in [6.07, 6.45) is 2.61. The van der Waals surface area contributed by atoms with Gasteiger partial charge in [0.1, 0.15) is 11.6 Å². The Balaban J connectivity index is 1.85. The number of benzene rings is 2. The summed E-state index contributed by atoms with van der Waals surface area (Å²) in [5.41, 5.74) is 12.9. The zero-order valence-electron chi connectivity index (χ0n) is 13.9. The molecule has 0 radical (unpaired) electrons. The third-order valence-electron chi connectivity index (χ3n) is 3.45. The lowest BCUT2D eigenvalue weighted by atomic mass is 10.2. The van der Waals surface area contributed by atoms with E-state index >= 15 is 0 Å². The second-order valence-corrected chi connectivity index (χ2v) is 5.51. The number of nitrogen functional groups attached to an aromatic ring is 1. The first-order chi connectivity index (χ1) is 12.3. The van der Waals surface area contributed by atoms with Crippen molar-refractivity contribution < 1.29 is 20.1 Å². The molecule has 0 saturated carbocycles. The summed E-state index contributed by atoms with van der Waals surface area (Å²) in [4.78, 5) is 15.8. The first kappa shape index (κ1) is 18.7. The van der Waals surface area contributed by atoms with Crippen molar-refractivity contribution in [3.05, 3.63) is 59.7 Å². The van der Waals surface area contributed by atoms with Gasteiger partial charge in [0, 0.05) is 12.6 Å². The number of amides is 1. The van der Waals surface area contributed by atoms with Gasteiger partial charge in [-0.25, -0.2) is 0 Å². The Bertz CT molecular complexity index is 862. The van der Waals surface area contributed by atoms with Gasteiger partial charge in [-0.3, -0.25) is 9.79 Å². The number of amidine groups is 1. The van der Waals surface area contributed by atoms with Gasteiger partial charge in [0.15, 0.2) is 11.5 Å². The summed E-state index contributed by atoms with van der Waals surface area (Å²) in [6.45, 7) is 0.440. The number of aromatic hydroxyl groups is 3. The Morgan fingerprint density at radius 2 is 1.69 bits per heavy atom. The van der Waals surface area contributed by atoms with Crippen LogP contribution in [0.3, 0.4) is 0 Å². The van der Waals surface area contributed by atoms with Crippen LogP contribution < -0.4 is 16.8 Å². The van der Waals surface area contributed by atoms with Crippen molar-refractivity contribution in [2.75, 3.05) is 5.73 Å². The van der Waals surface area contributed by atoms with Gasteiger partial charge >= 0.3 is 0 Å². The zero-order chi connectivity index (χ0) is 19.1. The molecule has 2 rings (SSSR count). The topological polar surface area (TPSA) is 154 Å². The van der Waals surface area contributed by atoms with Gasteiger partial charge in [-0.15, -0.1) is 0 Å². The number of nitrogens with two attached hydrogens (primary N) is 2. The third-order valence-corrected chi connectivity index (χ3v) is 3.45. The van der Waals surface area contributed by atoms with Crippen LogP contribution in [0.25, 0.3) is 0 Å². The van der Waals surface area contributed by atoms with Crippen LogP contribution in [-0.4, -0.2) is 27.1 Å². The maximum Gasteiger partial charge on any atom is 0.244 e. The van der Waals surface area contributed by atoms with Gasteiger partial charge in [0.25, 0.3) is 0 Å². The highest BCUT2D eigenvalue weighted by atomic mass is 16.3. The van der Waals surface area contributed by atoms with Crippen molar-refractivity contribution in [3.63, 3.8) is 0 Å². The highest BCUT2D eigenvalue weighted by Crippen LogP contribution is 2.25. The van der Waals surface area contributed by atoms with E-state index in [0.717, 1.165) is 5.56 Å². The minimum absolute atomic E-state index is 0.00842. The molecule has 26 heavy (non-hydrogen) atoms. The molecule has 0 aliphatic rings. The van der Waals surface area contributed by atoms with E-state index in [2.05, 4.69) is 10.3 Å². The molecule has 0 atom stereocenters. The molecule has 0 bridgehead atoms. The summed E-state index contributed by atoms with van der Waals surface area (Å²) < 4.78 is 0. The lowest BCUT2D eigenvalue weighted by molar-refractivity contribution is -0.116. The van der Waals surface area contributed by atoms with E-state index in [1.165, 1.54) is 30.4 Å². The fourth-order valence-electron chi connectivity index (χ4n) is 2.03. The monoisotopic (exact) mass is 356 g/mol. The minimum Gasteiger partial charge on any atom is -0.506 e. The van der Waals surface area contributed by atoms with Crippen LogP contribution in [0.1, 0.15) is 11.1 Å². The normalized spacial score (nSPS) is 11.6. The average molecular weight is 356 g/mol. The molecule has 2 aromatic carbocycles. The summed E-state index contributed by atoms with van der Waals surface area (Å²) in [5, 5.41) is 30.7. The number of hydrogen-bond donors (Lipinski definition) is 6. The van der Waals surface area contributed by atoms with Crippen molar-refractivity contribution in [2.45, 2.75) is 13.1 Å². The standard InChI is InChI=1S/C18H20N4O4/c19-13-7-11(1-3-14(13)23)10-22-18(26)6-5-17(20)21-9-12-2-4-15(24)16(25)8-12/h1-8,23-25H,9-10,19H2,(H2,20,21)(H,22,26)/b6-5+. The van der Waals surface area contributed by atoms with Crippen LogP contribution in [-0.2, 0) is 17.9 Å². The van der Waals surface area contributed by atoms with E-state index < -0.39 is 0 Å². The molecule has 0 aliphatic heterocycles. The largest absolute Gasteiger partial charge is 0.506 e. The van der Waals surface area contributed by atoms with E-state index in [-0.39, 0.29) is 47.8 Å². The minimum atomic E-state index is -0.364. The summed E-state index contributed by atoms with van der Waals surface area (Å²) in [5.74, 6) is -0.678. The second kappa shape index (κ2) is 8.43. The number of rotatable bonds is 6. The molecule has 0 unspecified atom stereocenters. The first-order valence-electron chi connectivity index (χ1n) is 7.69. The smallest absolute Gasteiger partial charge is 0.244 e. The fourth-order valence-corrected chi connectivity index (χ4v) is 2.03. The Morgan fingerprint density at radius 1 is 1.00 bits per heavy atom. The predicted molar refractivity (Wildman–Crippen MR) is 98.6 cm³/mol. The zero-order valence-corrected chi connectivity index (χ0v) is 13.9. The van der Waals surface area contributed by atoms with E-state index in [1.807, 2.05) is 0 Å². The van der Waals surface area contributed by atoms with Crippen LogP contribution in [0.2, 0.25) is 0 Å². The maximum absolute atomic E-state index is 11.8. The second-order valence-electron chi connectivity index (χ2n) is 5.51. The van der Waals surface area contributed by atoms with E-state index in [9.17, 15) is 20.1 Å². The number of aliphatic imine (C=N–C) groups is 1. The van der Waals surface area contributed by atoms with Crippen molar-refractivity contribution >= 4 is 17.4 Å². The maximum atomic E-state index is 11.8. The molecule has 8 N–H and O–H groups in total. The Kier molecular flexibility index (Phi) is 6.05. The molecule has 0 aliphatic carbocycles. The lowest BCUT2D eigenvalue weighted by Crippen LogP contribution is -2.21. The number of hydrogen-bond acceptors (Lipinski definition) is 6. The molecule has 2 aromatic rings. The van der Waals surface area contributed by atoms with Crippen LogP contribution in [0.15, 0.2) is 53.5 Å². The van der Waals surface area contributed by atoms with Crippen molar-refractivity contribution in [1.82, 2.24) is 5.32 Å². The van der Waals surface area contributed by atoms with Crippen molar-refractivity contribution in [1.29, 1.82) is 0 Å². The molecular formula is C18H20N4O4. The van der Waals surface area contributed by atoms with Crippen molar-refractivity contribution in [2.24, 2.45) is 10.7 Å². The SMILES string of the molecule is NC(/C=C/C(=O)NCc1ccc(O)c(N)c1)=NCc1ccc(O)c(O)c1. The van der Waals surface area contributed by atoms with Crippen LogP contribution in [0, 0.1) is 0 Å². The Hall–Kier alpha value is -3.68. The molecule has 0 aromatic heterocycles. The number of carbonyl (C=O) groups excluding carboxylic acids is 1. The summed E-state index contributed by atoms with van der Waals surface area (Å²) in [6, 6.07) is 9.02. The first-order valence-corrected chi connectivity index (χ1v) is 7.69. The van der Waals surface area contributed by atoms with E-state index in [4.69, 9.17) is 11.5 Å². The predicted octanol–water partition coefficient (Wildman–Crippen LogP) is 1.12. The summed E-state index contributed by atoms with van der Waals surface area (Å²) >= 11 is 0. The number of anilines is 1. The van der Waals surface area contributed by atoms with Crippen LogP contribution in [0.5, 0.6) is 17.2 Å². The molecule has 0 saturated heterocycles. The van der Waals surface area contributed by atoms with Gasteiger partial charge in [-0.05, 0) is 41.5 Å². The number of nitrogens with one attached hydrogen (secondary N) is 1. The van der Waals surface area contributed by atoms with Gasteiger partial charge in [0.05, 0.1) is 12.2 Å². The number of carbonyl (C=O) groups is 1. The Labute approximate surface area is 150 Å².